The van der Waals surface area contributed by atoms with E-state index in [-0.39, 0.29) is 12.5 Å². The highest BCUT2D eigenvalue weighted by molar-refractivity contribution is 5.91. The molecule has 0 aliphatic rings. The van der Waals surface area contributed by atoms with Crippen molar-refractivity contribution in [1.29, 1.82) is 0 Å². The third-order valence-corrected chi connectivity index (χ3v) is 2.89. The summed E-state index contributed by atoms with van der Waals surface area (Å²) in [6, 6.07) is 0. The van der Waals surface area contributed by atoms with Gasteiger partial charge < -0.3 is 15.0 Å². The summed E-state index contributed by atoms with van der Waals surface area (Å²) in [6.07, 6.45) is 3.50. The maximum atomic E-state index is 11.5. The predicted molar refractivity (Wildman–Crippen MR) is 75.1 cm³/mol. The minimum atomic E-state index is -0.148. The predicted octanol–water partition coefficient (Wildman–Crippen LogP) is 1.20. The number of hydrogen-bond donors (Lipinski definition) is 1. The van der Waals surface area contributed by atoms with Gasteiger partial charge in [0, 0.05) is 19.3 Å². The molecule has 19 heavy (non-hydrogen) atoms. The molecular formula is C13H24N4O2. The van der Waals surface area contributed by atoms with Crippen molar-refractivity contribution in [2.24, 2.45) is 0 Å². The van der Waals surface area contributed by atoms with Crippen LogP contribution >= 0.6 is 0 Å². The number of carbonyl (C=O) groups is 1. The lowest BCUT2D eigenvalue weighted by Gasteiger charge is -2.17. The lowest BCUT2D eigenvalue weighted by molar-refractivity contribution is -0.120. The van der Waals surface area contributed by atoms with Gasteiger partial charge in [-0.2, -0.15) is 5.10 Å². The molecule has 1 aromatic rings. The van der Waals surface area contributed by atoms with Crippen LogP contribution in [0.3, 0.4) is 0 Å². The van der Waals surface area contributed by atoms with Gasteiger partial charge in [-0.1, -0.05) is 13.8 Å². The summed E-state index contributed by atoms with van der Waals surface area (Å²) < 4.78 is 6.88. The second-order valence-electron chi connectivity index (χ2n) is 4.20. The number of nitrogens with one attached hydrogen (secondary N) is 1. The van der Waals surface area contributed by atoms with Crippen molar-refractivity contribution >= 4 is 11.6 Å². The van der Waals surface area contributed by atoms with Crippen molar-refractivity contribution in [1.82, 2.24) is 14.7 Å². The normalized spacial score (nSPS) is 10.9. The zero-order chi connectivity index (χ0) is 14.1. The third-order valence-electron chi connectivity index (χ3n) is 2.89. The number of aromatic nitrogens is 2. The Kier molecular flexibility index (Phi) is 7.14. The first-order chi connectivity index (χ1) is 9.19. The topological polar surface area (TPSA) is 59.4 Å². The lowest BCUT2D eigenvalue weighted by atomic mass is 10.4. The van der Waals surface area contributed by atoms with Gasteiger partial charge in [-0.15, -0.1) is 0 Å². The van der Waals surface area contributed by atoms with Crippen molar-refractivity contribution in [3.63, 3.8) is 0 Å². The molecular weight excluding hydrogens is 244 g/mol. The first kappa shape index (κ1) is 15.7. The van der Waals surface area contributed by atoms with E-state index in [2.05, 4.69) is 29.2 Å². The molecule has 108 valence electrons. The summed E-state index contributed by atoms with van der Waals surface area (Å²) in [4.78, 5) is 13.8. The molecule has 1 aromatic heterocycles. The van der Waals surface area contributed by atoms with Crippen molar-refractivity contribution in [2.75, 3.05) is 38.2 Å². The van der Waals surface area contributed by atoms with Crippen LogP contribution in [0.5, 0.6) is 0 Å². The number of likely N-dealkylation sites (N-methyl/N-ethyl adjacent to an activating group) is 1. The Morgan fingerprint density at radius 1 is 1.42 bits per heavy atom. The van der Waals surface area contributed by atoms with Crippen molar-refractivity contribution in [3.8, 4) is 0 Å². The van der Waals surface area contributed by atoms with E-state index in [4.69, 9.17) is 4.74 Å². The fourth-order valence-electron chi connectivity index (χ4n) is 1.73. The standard InChI is InChI=1S/C13H24N4O2/c1-4-16(5-2)7-8-17-10-12(9-14-17)15-13(18)11-19-6-3/h9-10H,4-8,11H2,1-3H3,(H,15,18). The van der Waals surface area contributed by atoms with E-state index < -0.39 is 0 Å². The fraction of sp³-hybridized carbons (Fsp3) is 0.692. The van der Waals surface area contributed by atoms with Crippen LogP contribution < -0.4 is 5.32 Å². The second kappa shape index (κ2) is 8.66. The molecule has 1 rings (SSSR count). The van der Waals surface area contributed by atoms with Gasteiger partial charge >= 0.3 is 0 Å². The number of rotatable bonds is 9. The van der Waals surface area contributed by atoms with Gasteiger partial charge in [-0.25, -0.2) is 0 Å². The number of amides is 1. The zero-order valence-electron chi connectivity index (χ0n) is 12.1. The maximum Gasteiger partial charge on any atom is 0.250 e. The first-order valence-corrected chi connectivity index (χ1v) is 6.82. The molecule has 1 N–H and O–H groups in total. The van der Waals surface area contributed by atoms with Gasteiger partial charge in [0.2, 0.25) is 5.91 Å². The summed E-state index contributed by atoms with van der Waals surface area (Å²) >= 11 is 0. The van der Waals surface area contributed by atoms with Gasteiger partial charge in [0.15, 0.2) is 0 Å². The molecule has 6 heteroatoms. The quantitative estimate of drug-likeness (QED) is 0.731. The molecule has 6 nitrogen and oxygen atoms in total. The molecule has 0 fully saturated rings. The van der Waals surface area contributed by atoms with Crippen LogP contribution in [0.2, 0.25) is 0 Å². The molecule has 1 amide bonds. The van der Waals surface area contributed by atoms with E-state index in [0.29, 0.717) is 12.3 Å². The molecule has 0 saturated heterocycles. The monoisotopic (exact) mass is 268 g/mol. The molecule has 0 aliphatic heterocycles. The van der Waals surface area contributed by atoms with E-state index in [1.54, 1.807) is 6.20 Å². The Balaban J connectivity index is 2.37. The summed E-state index contributed by atoms with van der Waals surface area (Å²) in [5, 5.41) is 6.98. The number of nitrogens with zero attached hydrogens (tertiary/aromatic N) is 3. The molecule has 0 saturated carbocycles. The lowest BCUT2D eigenvalue weighted by Crippen LogP contribution is -2.27. The van der Waals surface area contributed by atoms with Crippen molar-refractivity contribution < 1.29 is 9.53 Å². The Hall–Kier alpha value is -1.40. The van der Waals surface area contributed by atoms with Crippen LogP contribution in [0.4, 0.5) is 5.69 Å². The number of carbonyl (C=O) groups excluding carboxylic acids is 1. The number of ether oxygens (including phenoxy) is 1. The van der Waals surface area contributed by atoms with Gasteiger partial charge in [-0.3, -0.25) is 9.48 Å². The summed E-state index contributed by atoms with van der Waals surface area (Å²) in [6.45, 7) is 10.6. The average molecular weight is 268 g/mol. The Bertz CT molecular complexity index is 374. The Labute approximate surface area is 114 Å². The molecule has 0 radical (unpaired) electrons. The number of anilines is 1. The maximum absolute atomic E-state index is 11.5. The van der Waals surface area contributed by atoms with Gasteiger partial charge in [0.1, 0.15) is 6.61 Å². The summed E-state index contributed by atoms with van der Waals surface area (Å²) in [5.41, 5.74) is 0.712. The SMILES string of the molecule is CCOCC(=O)Nc1cnn(CCN(CC)CC)c1. The first-order valence-electron chi connectivity index (χ1n) is 6.82. The van der Waals surface area contributed by atoms with Crippen LogP contribution in [0.15, 0.2) is 12.4 Å². The molecule has 0 aliphatic carbocycles. The van der Waals surface area contributed by atoms with Gasteiger partial charge in [0.05, 0.1) is 18.4 Å². The molecule has 0 unspecified atom stereocenters. The molecule has 0 spiro atoms. The highest BCUT2D eigenvalue weighted by Crippen LogP contribution is 2.04. The summed E-state index contributed by atoms with van der Waals surface area (Å²) in [5.74, 6) is -0.148. The molecule has 0 bridgehead atoms. The minimum absolute atomic E-state index is 0.0845. The molecule has 0 aromatic carbocycles. The molecule has 1 heterocycles. The highest BCUT2D eigenvalue weighted by atomic mass is 16.5. The van der Waals surface area contributed by atoms with E-state index in [1.807, 2.05) is 17.8 Å². The van der Waals surface area contributed by atoms with Gasteiger partial charge in [0.25, 0.3) is 0 Å². The van der Waals surface area contributed by atoms with Crippen LogP contribution in [0.1, 0.15) is 20.8 Å². The van der Waals surface area contributed by atoms with E-state index >= 15 is 0 Å². The van der Waals surface area contributed by atoms with E-state index in [1.165, 1.54) is 0 Å². The number of hydrogen-bond acceptors (Lipinski definition) is 4. The largest absolute Gasteiger partial charge is 0.372 e. The van der Waals surface area contributed by atoms with Crippen molar-refractivity contribution in [3.05, 3.63) is 12.4 Å². The van der Waals surface area contributed by atoms with Gasteiger partial charge in [-0.05, 0) is 20.0 Å². The fourth-order valence-corrected chi connectivity index (χ4v) is 1.73. The highest BCUT2D eigenvalue weighted by Gasteiger charge is 2.05. The zero-order valence-corrected chi connectivity index (χ0v) is 12.1. The van der Waals surface area contributed by atoms with Crippen LogP contribution in [-0.4, -0.2) is 53.4 Å². The van der Waals surface area contributed by atoms with Crippen LogP contribution in [0.25, 0.3) is 0 Å². The summed E-state index contributed by atoms with van der Waals surface area (Å²) in [7, 11) is 0. The Morgan fingerprint density at radius 3 is 2.79 bits per heavy atom. The minimum Gasteiger partial charge on any atom is -0.372 e. The second-order valence-corrected chi connectivity index (χ2v) is 4.20. The Morgan fingerprint density at radius 2 is 2.16 bits per heavy atom. The van der Waals surface area contributed by atoms with Crippen LogP contribution in [-0.2, 0) is 16.1 Å². The van der Waals surface area contributed by atoms with Crippen LogP contribution in [0, 0.1) is 0 Å². The molecule has 0 atom stereocenters. The smallest absolute Gasteiger partial charge is 0.250 e. The van der Waals surface area contributed by atoms with E-state index in [9.17, 15) is 4.79 Å². The average Bonchev–Trinajstić information content (AvgIpc) is 2.85. The van der Waals surface area contributed by atoms with E-state index in [0.717, 1.165) is 26.2 Å². The van der Waals surface area contributed by atoms with Crippen molar-refractivity contribution in [2.45, 2.75) is 27.3 Å². The third kappa shape index (κ3) is 5.85.